The van der Waals surface area contributed by atoms with E-state index in [1.807, 2.05) is 0 Å². The first-order valence-corrected chi connectivity index (χ1v) is 4.49. The summed E-state index contributed by atoms with van der Waals surface area (Å²) in [7, 11) is 0. The summed E-state index contributed by atoms with van der Waals surface area (Å²) in [6.45, 7) is 1.79. The zero-order valence-corrected chi connectivity index (χ0v) is 8.03. The minimum Gasteiger partial charge on any atom is -0.481 e. The van der Waals surface area contributed by atoms with E-state index in [0.717, 1.165) is 0 Å². The van der Waals surface area contributed by atoms with E-state index in [4.69, 9.17) is 5.11 Å². The summed E-state index contributed by atoms with van der Waals surface area (Å²) in [5.41, 5.74) is 0.944. The molecule has 2 aromatic heterocycles. The molecule has 0 aromatic carbocycles. The summed E-state index contributed by atoms with van der Waals surface area (Å²) in [6.07, 6.45) is 3.43. The number of aliphatic carboxylic acids is 1. The summed E-state index contributed by atoms with van der Waals surface area (Å²) in [5.74, 6) is -1.54. The summed E-state index contributed by atoms with van der Waals surface area (Å²) in [5, 5.41) is 19.9. The molecule has 0 saturated heterocycles. The van der Waals surface area contributed by atoms with E-state index in [1.54, 1.807) is 6.92 Å². The van der Waals surface area contributed by atoms with Crippen LogP contribution in [0.3, 0.4) is 0 Å². The number of rotatable bonds is 3. The second kappa shape index (κ2) is 3.60. The highest BCUT2D eigenvalue weighted by atomic mass is 16.4. The highest BCUT2D eigenvalue weighted by Gasteiger charge is 2.21. The normalized spacial score (nSPS) is 12.9. The molecule has 2 heterocycles. The molecule has 1 atom stereocenters. The van der Waals surface area contributed by atoms with Gasteiger partial charge in [0, 0.05) is 6.20 Å². The van der Waals surface area contributed by atoms with Gasteiger partial charge in [-0.2, -0.15) is 4.52 Å². The maximum Gasteiger partial charge on any atom is 0.312 e. The van der Waals surface area contributed by atoms with Gasteiger partial charge in [-0.15, -0.1) is 5.10 Å². The van der Waals surface area contributed by atoms with Gasteiger partial charge in [0.1, 0.15) is 5.92 Å². The van der Waals surface area contributed by atoms with Gasteiger partial charge in [0.25, 0.3) is 0 Å². The second-order valence-corrected chi connectivity index (χ2v) is 3.08. The van der Waals surface area contributed by atoms with Crippen molar-refractivity contribution in [3.8, 4) is 0 Å². The van der Waals surface area contributed by atoms with Crippen LogP contribution in [0.4, 0.5) is 0 Å². The van der Waals surface area contributed by atoms with E-state index >= 15 is 0 Å². The molecule has 7 nitrogen and oxygen atoms in total. The van der Waals surface area contributed by atoms with Crippen molar-refractivity contribution in [1.29, 1.82) is 0 Å². The van der Waals surface area contributed by atoms with Gasteiger partial charge in [-0.3, -0.25) is 9.78 Å². The number of nitrogens with zero attached hydrogens (tertiary/aromatic N) is 5. The lowest BCUT2D eigenvalue weighted by Gasteiger charge is -2.09. The number of hydrogen-bond donors (Lipinski definition) is 1. The van der Waals surface area contributed by atoms with E-state index < -0.39 is 11.9 Å². The Balaban J connectivity index is 2.59. The average molecular weight is 207 g/mol. The number of hydrogen-bond acceptors (Lipinski definition) is 5. The third kappa shape index (κ3) is 1.51. The molecule has 0 radical (unpaired) electrons. The Morgan fingerprint density at radius 1 is 1.60 bits per heavy atom. The van der Waals surface area contributed by atoms with Crippen LogP contribution in [0.5, 0.6) is 0 Å². The maximum atomic E-state index is 11.0. The highest BCUT2D eigenvalue weighted by molar-refractivity contribution is 5.75. The Morgan fingerprint density at radius 3 is 3.07 bits per heavy atom. The molecule has 0 amide bonds. The Kier molecular flexibility index (Phi) is 2.28. The first-order valence-electron chi connectivity index (χ1n) is 4.49. The molecule has 0 spiro atoms. The quantitative estimate of drug-likeness (QED) is 0.767. The lowest BCUT2D eigenvalue weighted by molar-refractivity contribution is -0.139. The van der Waals surface area contributed by atoms with Crippen LogP contribution in [0.1, 0.15) is 25.0 Å². The summed E-state index contributed by atoms with van der Waals surface area (Å²) < 4.78 is 1.40. The minimum absolute atomic E-state index is 0.451. The van der Waals surface area contributed by atoms with Gasteiger partial charge in [0.2, 0.25) is 0 Å². The minimum atomic E-state index is -0.901. The maximum absolute atomic E-state index is 11.0. The molecule has 78 valence electrons. The van der Waals surface area contributed by atoms with Crippen LogP contribution in [0.25, 0.3) is 5.65 Å². The van der Waals surface area contributed by atoms with Crippen molar-refractivity contribution in [1.82, 2.24) is 25.0 Å². The van der Waals surface area contributed by atoms with Gasteiger partial charge in [-0.05, 0) is 16.8 Å². The van der Waals surface area contributed by atoms with Gasteiger partial charge < -0.3 is 5.11 Å². The van der Waals surface area contributed by atoms with Crippen molar-refractivity contribution in [3.63, 3.8) is 0 Å². The monoisotopic (exact) mass is 207 g/mol. The molecule has 0 saturated carbocycles. The predicted octanol–water partition coefficient (Wildman–Crippen LogP) is 0.0975. The van der Waals surface area contributed by atoms with E-state index in [-0.39, 0.29) is 0 Å². The molecule has 0 fully saturated rings. The lowest BCUT2D eigenvalue weighted by Crippen LogP contribution is -2.15. The van der Waals surface area contributed by atoms with Gasteiger partial charge in [0.05, 0.1) is 11.9 Å². The lowest BCUT2D eigenvalue weighted by atomic mass is 10.0. The van der Waals surface area contributed by atoms with Gasteiger partial charge in [0.15, 0.2) is 5.65 Å². The molecule has 2 aromatic rings. The number of aromatic nitrogens is 5. The van der Waals surface area contributed by atoms with E-state index in [1.165, 1.54) is 16.9 Å². The fourth-order valence-electron chi connectivity index (χ4n) is 1.44. The SMILES string of the molecule is CCC(C(=O)O)c1cncc2nnnn12. The van der Waals surface area contributed by atoms with Crippen molar-refractivity contribution >= 4 is 11.6 Å². The molecule has 0 aliphatic rings. The van der Waals surface area contributed by atoms with Crippen LogP contribution < -0.4 is 0 Å². The molecule has 0 aliphatic heterocycles. The fourth-order valence-corrected chi connectivity index (χ4v) is 1.44. The van der Waals surface area contributed by atoms with Crippen LogP contribution in [0.2, 0.25) is 0 Å². The van der Waals surface area contributed by atoms with Crippen LogP contribution in [-0.2, 0) is 4.79 Å². The molecule has 2 rings (SSSR count). The fraction of sp³-hybridized carbons (Fsp3) is 0.375. The molecular formula is C8H9N5O2. The van der Waals surface area contributed by atoms with E-state index in [2.05, 4.69) is 20.5 Å². The number of fused-ring (bicyclic) bond motifs is 1. The van der Waals surface area contributed by atoms with Crippen LogP contribution >= 0.6 is 0 Å². The van der Waals surface area contributed by atoms with Crippen molar-refractivity contribution in [2.45, 2.75) is 19.3 Å². The number of carbonyl (C=O) groups is 1. The molecule has 0 aliphatic carbocycles. The number of carboxylic acid groups (broad SMARTS) is 1. The number of carboxylic acids is 1. The van der Waals surface area contributed by atoms with Gasteiger partial charge >= 0.3 is 5.97 Å². The molecule has 1 unspecified atom stereocenters. The smallest absolute Gasteiger partial charge is 0.312 e. The zero-order valence-electron chi connectivity index (χ0n) is 8.03. The zero-order chi connectivity index (χ0) is 10.8. The highest BCUT2D eigenvalue weighted by Crippen LogP contribution is 2.18. The Labute approximate surface area is 84.7 Å². The van der Waals surface area contributed by atoms with Crippen molar-refractivity contribution < 1.29 is 9.90 Å². The Hall–Kier alpha value is -2.05. The topological polar surface area (TPSA) is 93.3 Å². The van der Waals surface area contributed by atoms with Crippen LogP contribution in [-0.4, -0.2) is 36.1 Å². The Bertz CT molecular complexity index is 494. The van der Waals surface area contributed by atoms with Crippen LogP contribution in [0.15, 0.2) is 12.4 Å². The molecular weight excluding hydrogens is 198 g/mol. The van der Waals surface area contributed by atoms with E-state index in [9.17, 15) is 4.79 Å². The van der Waals surface area contributed by atoms with Crippen molar-refractivity contribution in [2.75, 3.05) is 0 Å². The molecule has 7 heteroatoms. The summed E-state index contributed by atoms with van der Waals surface area (Å²) in [6, 6.07) is 0. The largest absolute Gasteiger partial charge is 0.481 e. The third-order valence-corrected chi connectivity index (χ3v) is 2.20. The number of tetrazole rings is 1. The molecule has 15 heavy (non-hydrogen) atoms. The van der Waals surface area contributed by atoms with E-state index in [0.29, 0.717) is 17.8 Å². The summed E-state index contributed by atoms with van der Waals surface area (Å²) >= 11 is 0. The predicted molar refractivity (Wildman–Crippen MR) is 49.2 cm³/mol. The molecule has 0 bridgehead atoms. The first-order chi connectivity index (χ1) is 7.24. The average Bonchev–Trinajstić information content (AvgIpc) is 2.66. The van der Waals surface area contributed by atoms with Crippen LogP contribution in [0, 0.1) is 0 Å². The van der Waals surface area contributed by atoms with Gasteiger partial charge in [-0.1, -0.05) is 6.92 Å². The third-order valence-electron chi connectivity index (χ3n) is 2.20. The molecule has 1 N–H and O–H groups in total. The standard InChI is InChI=1S/C8H9N5O2/c1-2-5(8(14)15)6-3-9-4-7-10-11-12-13(6)7/h3-5H,2H2,1H3,(H,14,15). The second-order valence-electron chi connectivity index (χ2n) is 3.08. The van der Waals surface area contributed by atoms with Gasteiger partial charge in [-0.25, -0.2) is 0 Å². The summed E-state index contributed by atoms with van der Waals surface area (Å²) in [4.78, 5) is 14.9. The Morgan fingerprint density at radius 2 is 2.40 bits per heavy atom. The van der Waals surface area contributed by atoms with Crippen molar-refractivity contribution in [2.24, 2.45) is 0 Å². The first kappa shape index (κ1) is 9.50. The van der Waals surface area contributed by atoms with Crippen molar-refractivity contribution in [3.05, 3.63) is 18.1 Å².